The summed E-state index contributed by atoms with van der Waals surface area (Å²) in [5, 5.41) is 0. The van der Waals surface area contributed by atoms with Crippen molar-refractivity contribution in [3.05, 3.63) is 52.6 Å². The molecular formula is C21H29N5O. The molecule has 0 amide bonds. The van der Waals surface area contributed by atoms with Gasteiger partial charge in [0.2, 0.25) is 0 Å². The van der Waals surface area contributed by atoms with Crippen molar-refractivity contribution in [1.82, 2.24) is 14.5 Å². The molecule has 1 saturated heterocycles. The summed E-state index contributed by atoms with van der Waals surface area (Å²) in [5.74, 6) is 1.02. The lowest BCUT2D eigenvalue weighted by Crippen LogP contribution is -2.42. The summed E-state index contributed by atoms with van der Waals surface area (Å²) in [4.78, 5) is 18.4. The second-order valence-corrected chi connectivity index (χ2v) is 8.26. The van der Waals surface area contributed by atoms with Crippen molar-refractivity contribution in [2.24, 2.45) is 17.1 Å². The number of aromatic nitrogens is 2. The number of piperidine rings is 1. The standard InChI is InChI=1S/C21H29N5O/c1-15(25-10-7-21(8-11-25)13-17(21)14-22)12-16-2-4-18(5-3-16)26-9-6-19(23)24-20(26)27/h2-6,9,15,17H,7-8,10-14,22H2,1H3,(H2,23,24,27). The number of rotatable bonds is 5. The molecule has 0 bridgehead atoms. The summed E-state index contributed by atoms with van der Waals surface area (Å²) in [6.07, 6.45) is 6.61. The average Bonchev–Trinajstić information content (AvgIpc) is 3.35. The van der Waals surface area contributed by atoms with Crippen LogP contribution in [0.3, 0.4) is 0 Å². The summed E-state index contributed by atoms with van der Waals surface area (Å²) < 4.78 is 1.51. The summed E-state index contributed by atoms with van der Waals surface area (Å²) in [6.45, 7) is 5.53. The average molecular weight is 367 g/mol. The van der Waals surface area contributed by atoms with E-state index in [1.165, 1.54) is 42.5 Å². The van der Waals surface area contributed by atoms with E-state index in [1.807, 2.05) is 12.1 Å². The number of nitrogens with zero attached hydrogens (tertiary/aromatic N) is 3. The maximum Gasteiger partial charge on any atom is 0.354 e. The van der Waals surface area contributed by atoms with Gasteiger partial charge in [-0.05, 0) is 87.3 Å². The molecule has 27 heavy (non-hydrogen) atoms. The van der Waals surface area contributed by atoms with Gasteiger partial charge >= 0.3 is 5.69 Å². The monoisotopic (exact) mass is 367 g/mol. The second kappa shape index (κ2) is 7.09. The molecule has 1 aromatic heterocycles. The number of likely N-dealkylation sites (tertiary alicyclic amines) is 1. The largest absolute Gasteiger partial charge is 0.383 e. The van der Waals surface area contributed by atoms with Gasteiger partial charge in [0.1, 0.15) is 5.82 Å². The minimum Gasteiger partial charge on any atom is -0.383 e. The molecule has 2 unspecified atom stereocenters. The van der Waals surface area contributed by atoms with E-state index < -0.39 is 0 Å². The Kier molecular flexibility index (Phi) is 4.78. The van der Waals surface area contributed by atoms with Gasteiger partial charge in [-0.25, -0.2) is 4.79 Å². The van der Waals surface area contributed by atoms with Crippen LogP contribution < -0.4 is 17.2 Å². The molecule has 4 rings (SSSR count). The molecule has 6 heteroatoms. The van der Waals surface area contributed by atoms with Crippen molar-refractivity contribution >= 4 is 5.82 Å². The second-order valence-electron chi connectivity index (χ2n) is 8.26. The highest BCUT2D eigenvalue weighted by Gasteiger charge is 2.53. The Balaban J connectivity index is 1.36. The van der Waals surface area contributed by atoms with Gasteiger partial charge in [0.25, 0.3) is 0 Å². The quantitative estimate of drug-likeness (QED) is 0.841. The number of nitrogen functional groups attached to an aromatic ring is 1. The Labute approximate surface area is 160 Å². The first-order valence-electron chi connectivity index (χ1n) is 9.89. The molecule has 1 aromatic carbocycles. The Morgan fingerprint density at radius 3 is 2.52 bits per heavy atom. The van der Waals surface area contributed by atoms with Gasteiger partial charge in [-0.1, -0.05) is 12.1 Å². The van der Waals surface area contributed by atoms with Gasteiger partial charge < -0.3 is 16.4 Å². The smallest absolute Gasteiger partial charge is 0.354 e. The summed E-state index contributed by atoms with van der Waals surface area (Å²) in [6, 6.07) is 10.3. The lowest BCUT2D eigenvalue weighted by molar-refractivity contribution is 0.124. The van der Waals surface area contributed by atoms with Crippen LogP contribution in [0.15, 0.2) is 41.3 Å². The highest BCUT2D eigenvalue weighted by Crippen LogP contribution is 2.58. The van der Waals surface area contributed by atoms with Crippen molar-refractivity contribution in [2.75, 3.05) is 25.4 Å². The number of hydrogen-bond donors (Lipinski definition) is 2. The molecular weight excluding hydrogens is 338 g/mol. The van der Waals surface area contributed by atoms with Crippen LogP contribution in [0.5, 0.6) is 0 Å². The molecule has 0 radical (unpaired) electrons. The number of hydrogen-bond acceptors (Lipinski definition) is 5. The van der Waals surface area contributed by atoms with Crippen molar-refractivity contribution < 1.29 is 0 Å². The third-order valence-electron chi connectivity index (χ3n) is 6.63. The minimum atomic E-state index is -0.353. The van der Waals surface area contributed by atoms with Crippen LogP contribution in [0.2, 0.25) is 0 Å². The van der Waals surface area contributed by atoms with Crippen molar-refractivity contribution in [1.29, 1.82) is 0 Å². The van der Waals surface area contributed by atoms with E-state index in [0.29, 0.717) is 11.5 Å². The SMILES string of the molecule is CC(Cc1ccc(-n2ccc(N)nc2=O)cc1)N1CCC2(CC1)CC2CN. The Morgan fingerprint density at radius 1 is 1.22 bits per heavy atom. The van der Waals surface area contributed by atoms with E-state index >= 15 is 0 Å². The van der Waals surface area contributed by atoms with Gasteiger partial charge in [-0.3, -0.25) is 4.57 Å². The summed E-state index contributed by atoms with van der Waals surface area (Å²) in [5.41, 5.74) is 13.7. The zero-order valence-electron chi connectivity index (χ0n) is 16.0. The van der Waals surface area contributed by atoms with Gasteiger partial charge in [-0.2, -0.15) is 4.98 Å². The minimum absolute atomic E-state index is 0.244. The predicted molar refractivity (Wildman–Crippen MR) is 108 cm³/mol. The van der Waals surface area contributed by atoms with Crippen LogP contribution in [0.25, 0.3) is 5.69 Å². The molecule has 144 valence electrons. The molecule has 6 nitrogen and oxygen atoms in total. The lowest BCUT2D eigenvalue weighted by atomic mass is 9.89. The van der Waals surface area contributed by atoms with Crippen molar-refractivity contribution in [3.63, 3.8) is 0 Å². The molecule has 1 aliphatic heterocycles. The van der Waals surface area contributed by atoms with Crippen molar-refractivity contribution in [3.8, 4) is 5.69 Å². The highest BCUT2D eigenvalue weighted by atomic mass is 16.1. The first-order valence-corrected chi connectivity index (χ1v) is 9.89. The molecule has 2 heterocycles. The van der Waals surface area contributed by atoms with Crippen LogP contribution in [-0.2, 0) is 6.42 Å². The highest BCUT2D eigenvalue weighted by molar-refractivity contribution is 5.36. The van der Waals surface area contributed by atoms with Crippen LogP contribution >= 0.6 is 0 Å². The molecule has 2 aliphatic rings. The van der Waals surface area contributed by atoms with Gasteiger partial charge in [0.15, 0.2) is 0 Å². The predicted octanol–water partition coefficient (Wildman–Crippen LogP) is 1.81. The van der Waals surface area contributed by atoms with E-state index in [9.17, 15) is 4.79 Å². The number of anilines is 1. The zero-order chi connectivity index (χ0) is 19.0. The van der Waals surface area contributed by atoms with Crippen molar-refractivity contribution in [2.45, 2.75) is 38.6 Å². The van der Waals surface area contributed by atoms with Gasteiger partial charge in [0, 0.05) is 12.2 Å². The van der Waals surface area contributed by atoms with E-state index in [2.05, 4.69) is 28.9 Å². The third-order valence-corrected chi connectivity index (χ3v) is 6.63. The maximum absolute atomic E-state index is 12.0. The normalized spacial score (nSPS) is 22.7. The van der Waals surface area contributed by atoms with E-state index in [4.69, 9.17) is 11.5 Å². The first kappa shape index (κ1) is 18.2. The van der Waals surface area contributed by atoms with Crippen LogP contribution in [0, 0.1) is 11.3 Å². The zero-order valence-corrected chi connectivity index (χ0v) is 16.0. The van der Waals surface area contributed by atoms with E-state index in [0.717, 1.165) is 24.6 Å². The van der Waals surface area contributed by atoms with Crippen LogP contribution in [0.4, 0.5) is 5.82 Å². The fraction of sp³-hybridized carbons (Fsp3) is 0.524. The van der Waals surface area contributed by atoms with Gasteiger partial charge in [-0.15, -0.1) is 0 Å². The molecule has 2 aromatic rings. The Bertz CT molecular complexity index is 852. The third kappa shape index (κ3) is 3.64. The summed E-state index contributed by atoms with van der Waals surface area (Å²) >= 11 is 0. The fourth-order valence-corrected chi connectivity index (χ4v) is 4.66. The molecule has 1 spiro atoms. The van der Waals surface area contributed by atoms with E-state index in [1.54, 1.807) is 12.3 Å². The number of nitrogens with two attached hydrogens (primary N) is 2. The summed E-state index contributed by atoms with van der Waals surface area (Å²) in [7, 11) is 0. The van der Waals surface area contributed by atoms with E-state index in [-0.39, 0.29) is 11.5 Å². The van der Waals surface area contributed by atoms with Crippen LogP contribution in [-0.4, -0.2) is 40.1 Å². The molecule has 1 aliphatic carbocycles. The molecule has 2 atom stereocenters. The molecule has 4 N–H and O–H groups in total. The Hall–Kier alpha value is -2.18. The fourth-order valence-electron chi connectivity index (χ4n) is 4.66. The molecule has 1 saturated carbocycles. The lowest BCUT2D eigenvalue weighted by Gasteiger charge is -2.37. The number of benzene rings is 1. The van der Waals surface area contributed by atoms with Gasteiger partial charge in [0.05, 0.1) is 5.69 Å². The van der Waals surface area contributed by atoms with Crippen LogP contribution in [0.1, 0.15) is 31.7 Å². The first-order chi connectivity index (χ1) is 13.0. The topological polar surface area (TPSA) is 90.2 Å². The maximum atomic E-state index is 12.0. The molecule has 2 fully saturated rings. The Morgan fingerprint density at radius 2 is 1.93 bits per heavy atom.